The molecule has 1 fully saturated rings. The second-order valence-corrected chi connectivity index (χ2v) is 12.2. The van der Waals surface area contributed by atoms with E-state index in [1.807, 2.05) is 36.4 Å². The molecular weight excluding hydrogens is 567 g/mol. The monoisotopic (exact) mass is 606 g/mol. The maximum Gasteiger partial charge on any atom is 0.306 e. The van der Waals surface area contributed by atoms with E-state index < -0.39 is 6.10 Å². The summed E-state index contributed by atoms with van der Waals surface area (Å²) >= 11 is 0. The minimum absolute atomic E-state index is 0.00399. The average molecular weight is 607 g/mol. The number of methoxy groups -OCH3 is 3. The second kappa shape index (κ2) is 12.8. The third kappa shape index (κ3) is 6.01. The van der Waals surface area contributed by atoms with Crippen LogP contribution in [0.5, 0.6) is 17.2 Å². The fourth-order valence-electron chi connectivity index (χ4n) is 6.47. The summed E-state index contributed by atoms with van der Waals surface area (Å²) in [6, 6.07) is 13.0. The Labute approximate surface area is 257 Å². The summed E-state index contributed by atoms with van der Waals surface area (Å²) in [6.45, 7) is 5.19. The molecule has 0 aromatic heterocycles. The van der Waals surface area contributed by atoms with Gasteiger partial charge in [-0.15, -0.1) is 0 Å². The zero-order valence-electron chi connectivity index (χ0n) is 25.7. The normalized spacial score (nSPS) is 19.5. The van der Waals surface area contributed by atoms with E-state index in [-0.39, 0.29) is 29.5 Å². The van der Waals surface area contributed by atoms with Crippen LogP contribution in [0.2, 0.25) is 0 Å². The summed E-state index contributed by atoms with van der Waals surface area (Å²) in [7, 11) is 4.71. The zero-order chi connectivity index (χ0) is 30.8. The minimum atomic E-state index is -0.458. The van der Waals surface area contributed by atoms with Crippen molar-refractivity contribution < 1.29 is 42.3 Å². The van der Waals surface area contributed by atoms with E-state index in [0.717, 1.165) is 39.1 Å². The van der Waals surface area contributed by atoms with E-state index in [1.165, 1.54) is 13.2 Å². The van der Waals surface area contributed by atoms with Gasteiger partial charge in [-0.25, -0.2) is 4.39 Å². The Hall–Kier alpha value is -3.66. The maximum atomic E-state index is 15.5. The number of benzene rings is 3. The van der Waals surface area contributed by atoms with Gasteiger partial charge in [0.05, 0.1) is 53.2 Å². The van der Waals surface area contributed by atoms with Gasteiger partial charge in [0.2, 0.25) is 0 Å². The van der Waals surface area contributed by atoms with Crippen molar-refractivity contribution in [3.05, 3.63) is 76.1 Å². The van der Waals surface area contributed by atoms with Gasteiger partial charge in [0, 0.05) is 42.7 Å². The Morgan fingerprint density at radius 3 is 2.41 bits per heavy atom. The summed E-state index contributed by atoms with van der Waals surface area (Å²) in [5.74, 6) is 1.39. The van der Waals surface area contributed by atoms with Crippen molar-refractivity contribution in [1.29, 1.82) is 0 Å². The number of halogens is 1. The molecule has 0 spiro atoms. The quantitative estimate of drug-likeness (QED) is 0.222. The second-order valence-electron chi connectivity index (χ2n) is 12.2. The summed E-state index contributed by atoms with van der Waals surface area (Å²) in [5.41, 5.74) is 6.25. The lowest BCUT2D eigenvalue weighted by molar-refractivity contribution is -0.141. The van der Waals surface area contributed by atoms with Crippen molar-refractivity contribution in [2.24, 2.45) is 5.41 Å². The van der Waals surface area contributed by atoms with Crippen molar-refractivity contribution in [2.45, 2.75) is 51.4 Å². The molecule has 6 rings (SSSR count). The van der Waals surface area contributed by atoms with E-state index in [2.05, 4.69) is 6.92 Å². The molecule has 0 radical (unpaired) electrons. The molecule has 2 unspecified atom stereocenters. The van der Waals surface area contributed by atoms with Crippen LogP contribution in [0.25, 0.3) is 11.1 Å². The van der Waals surface area contributed by atoms with Crippen molar-refractivity contribution in [3.8, 4) is 28.4 Å². The molecule has 234 valence electrons. The number of rotatable bonds is 12. The standard InChI is InChI=1S/C35H39FO8/c1-35(18-41-19-35)20-43-25-11-22(15-38-2)33(23(12-25)16-39-3)27-7-9-29(36)34-28(27)8-10-30(34)44-24-5-6-26-21(13-32(37)40-4)17-42-31(26)14-24/h5-7,9,11-12,14,21,30H,8,10,13,15-20H2,1-4H3. The van der Waals surface area contributed by atoms with Crippen LogP contribution in [0.3, 0.4) is 0 Å². The third-order valence-corrected chi connectivity index (χ3v) is 8.70. The van der Waals surface area contributed by atoms with Gasteiger partial charge in [-0.3, -0.25) is 4.79 Å². The van der Waals surface area contributed by atoms with Gasteiger partial charge in [0.25, 0.3) is 0 Å². The molecular formula is C35H39FO8. The Bertz CT molecular complexity index is 1500. The Balaban J connectivity index is 1.30. The molecule has 2 heterocycles. The van der Waals surface area contributed by atoms with Crippen LogP contribution in [0.4, 0.5) is 4.39 Å². The maximum absolute atomic E-state index is 15.5. The molecule has 3 aromatic carbocycles. The predicted molar refractivity (Wildman–Crippen MR) is 161 cm³/mol. The molecule has 0 bridgehead atoms. The smallest absolute Gasteiger partial charge is 0.306 e. The largest absolute Gasteiger partial charge is 0.493 e. The third-order valence-electron chi connectivity index (χ3n) is 8.70. The summed E-state index contributed by atoms with van der Waals surface area (Å²) in [4.78, 5) is 11.8. The molecule has 1 aliphatic carbocycles. The van der Waals surface area contributed by atoms with Gasteiger partial charge < -0.3 is 33.2 Å². The summed E-state index contributed by atoms with van der Waals surface area (Å²) in [5, 5.41) is 0. The van der Waals surface area contributed by atoms with Gasteiger partial charge in [-0.1, -0.05) is 19.1 Å². The number of esters is 1. The highest BCUT2D eigenvalue weighted by Crippen LogP contribution is 2.46. The SMILES string of the molecule is COCc1cc(OCC2(C)COC2)cc(COC)c1-c1ccc(F)c2c1CCC2Oc1ccc2c(c1)OCC2CC(=O)OC. The Morgan fingerprint density at radius 2 is 1.75 bits per heavy atom. The fourth-order valence-corrected chi connectivity index (χ4v) is 6.47. The van der Waals surface area contributed by atoms with Crippen molar-refractivity contribution in [3.63, 3.8) is 0 Å². The lowest BCUT2D eigenvalue weighted by Gasteiger charge is -2.37. The lowest BCUT2D eigenvalue weighted by atomic mass is 9.89. The van der Waals surface area contributed by atoms with Crippen molar-refractivity contribution in [1.82, 2.24) is 0 Å². The van der Waals surface area contributed by atoms with Gasteiger partial charge in [0.15, 0.2) is 0 Å². The summed E-state index contributed by atoms with van der Waals surface area (Å²) < 4.78 is 55.5. The Kier molecular flexibility index (Phi) is 8.80. The first-order valence-corrected chi connectivity index (χ1v) is 15.0. The lowest BCUT2D eigenvalue weighted by Crippen LogP contribution is -2.44. The van der Waals surface area contributed by atoms with Crippen LogP contribution in [0, 0.1) is 11.2 Å². The van der Waals surface area contributed by atoms with Gasteiger partial charge in [-0.2, -0.15) is 0 Å². The fraction of sp³-hybridized carbons (Fsp3) is 0.457. The molecule has 3 aromatic rings. The van der Waals surface area contributed by atoms with Gasteiger partial charge in [-0.05, 0) is 64.9 Å². The molecule has 1 saturated heterocycles. The van der Waals surface area contributed by atoms with Gasteiger partial charge >= 0.3 is 5.97 Å². The molecule has 0 saturated carbocycles. The number of fused-ring (bicyclic) bond motifs is 2. The first-order chi connectivity index (χ1) is 21.3. The van der Waals surface area contributed by atoms with Crippen LogP contribution in [0.1, 0.15) is 59.6 Å². The predicted octanol–water partition coefficient (Wildman–Crippen LogP) is 6.31. The van der Waals surface area contributed by atoms with E-state index in [9.17, 15) is 4.79 Å². The highest BCUT2D eigenvalue weighted by molar-refractivity contribution is 5.77. The van der Waals surface area contributed by atoms with E-state index >= 15 is 4.39 Å². The summed E-state index contributed by atoms with van der Waals surface area (Å²) in [6.07, 6.45) is 1.09. The van der Waals surface area contributed by atoms with E-state index in [0.29, 0.717) is 69.5 Å². The van der Waals surface area contributed by atoms with E-state index in [1.54, 1.807) is 14.2 Å². The molecule has 44 heavy (non-hydrogen) atoms. The van der Waals surface area contributed by atoms with Crippen molar-refractivity contribution >= 4 is 5.97 Å². The molecule has 2 aliphatic heterocycles. The molecule has 9 heteroatoms. The first-order valence-electron chi connectivity index (χ1n) is 15.0. The van der Waals surface area contributed by atoms with Crippen molar-refractivity contribution in [2.75, 3.05) is 47.8 Å². The number of hydrogen-bond donors (Lipinski definition) is 0. The number of ether oxygens (including phenoxy) is 7. The topological polar surface area (TPSA) is 81.7 Å². The first kappa shape index (κ1) is 30.4. The Morgan fingerprint density at radius 1 is 1.00 bits per heavy atom. The zero-order valence-corrected chi connectivity index (χ0v) is 25.7. The van der Waals surface area contributed by atoms with Crippen LogP contribution < -0.4 is 14.2 Å². The minimum Gasteiger partial charge on any atom is -0.493 e. The molecule has 2 atom stereocenters. The van der Waals surface area contributed by atoms with Crippen LogP contribution in [-0.2, 0) is 43.4 Å². The molecule has 0 N–H and O–H groups in total. The van der Waals surface area contributed by atoms with Crippen LogP contribution in [-0.4, -0.2) is 53.7 Å². The van der Waals surface area contributed by atoms with Crippen LogP contribution in [0.15, 0.2) is 42.5 Å². The molecule has 8 nitrogen and oxygen atoms in total. The van der Waals surface area contributed by atoms with Gasteiger partial charge in [0.1, 0.15) is 29.2 Å². The van der Waals surface area contributed by atoms with E-state index in [4.69, 9.17) is 33.2 Å². The highest BCUT2D eigenvalue weighted by atomic mass is 19.1. The highest BCUT2D eigenvalue weighted by Gasteiger charge is 2.35. The molecule has 3 aliphatic rings. The van der Waals surface area contributed by atoms with Crippen LogP contribution >= 0.6 is 0 Å². The number of carbonyl (C=O) groups excluding carboxylic acids is 1. The number of hydrogen-bond acceptors (Lipinski definition) is 8. The molecule has 0 amide bonds. The number of carbonyl (C=O) groups is 1. The average Bonchev–Trinajstić information content (AvgIpc) is 3.60.